The molecule has 0 radical (unpaired) electrons. The van der Waals surface area contributed by atoms with Crippen LogP contribution in [0.4, 0.5) is 0 Å². The van der Waals surface area contributed by atoms with E-state index in [1.54, 1.807) is 0 Å². The zero-order valence-corrected chi connectivity index (χ0v) is 20.9. The lowest BCUT2D eigenvalue weighted by atomic mass is 9.66. The first kappa shape index (κ1) is 32.6. The summed E-state index contributed by atoms with van der Waals surface area (Å²) in [6, 6.07) is 0. The molecule has 0 rings (SSSR count). The predicted octanol–water partition coefficient (Wildman–Crippen LogP) is 10.4. The fourth-order valence-electron chi connectivity index (χ4n) is 5.14. The van der Waals surface area contributed by atoms with Crippen molar-refractivity contribution in [3.63, 3.8) is 0 Å². The van der Waals surface area contributed by atoms with E-state index in [1.165, 1.54) is 122 Å². The minimum Gasteiger partial charge on any atom is -0.344 e. The molecule has 0 amide bonds. The molecule has 0 aromatic carbocycles. The van der Waals surface area contributed by atoms with Gasteiger partial charge in [-0.05, 0) is 17.8 Å². The molecule has 174 valence electrons. The Labute approximate surface area is 180 Å². The molecule has 6 N–H and O–H groups in total. The topological polar surface area (TPSA) is 70.0 Å². The standard InChI is InChI=1S/C26H54.2H3N/c1-6-11-12-13-14-15-16-17-18-19-20-21-22-23-24-25(7-2)26(8-3,9-4)10-5;;/h25H,6-24H2,1-5H3;2*1H3. The summed E-state index contributed by atoms with van der Waals surface area (Å²) in [7, 11) is 0. The van der Waals surface area contributed by atoms with Crippen LogP contribution in [-0.2, 0) is 0 Å². The van der Waals surface area contributed by atoms with Gasteiger partial charge in [0, 0.05) is 0 Å². The summed E-state index contributed by atoms with van der Waals surface area (Å²) in [5.41, 5.74) is 0.630. The van der Waals surface area contributed by atoms with E-state index in [0.29, 0.717) is 5.41 Å². The number of hydrogen-bond acceptors (Lipinski definition) is 2. The highest BCUT2D eigenvalue weighted by atomic mass is 14.4. The average molecular weight is 401 g/mol. The van der Waals surface area contributed by atoms with E-state index in [1.807, 2.05) is 0 Å². The van der Waals surface area contributed by atoms with Crippen LogP contribution in [0.15, 0.2) is 0 Å². The zero-order valence-electron chi connectivity index (χ0n) is 20.9. The van der Waals surface area contributed by atoms with E-state index in [0.717, 1.165) is 5.92 Å². The molecule has 0 spiro atoms. The first-order chi connectivity index (χ1) is 12.7. The van der Waals surface area contributed by atoms with E-state index < -0.39 is 0 Å². The van der Waals surface area contributed by atoms with Gasteiger partial charge in [-0.25, -0.2) is 0 Å². The van der Waals surface area contributed by atoms with E-state index in [2.05, 4.69) is 34.6 Å². The highest BCUT2D eigenvalue weighted by Crippen LogP contribution is 2.43. The third-order valence-corrected chi connectivity index (χ3v) is 7.38. The number of unbranched alkanes of at least 4 members (excludes halogenated alkanes) is 13. The molecule has 0 saturated heterocycles. The van der Waals surface area contributed by atoms with Crippen molar-refractivity contribution in [1.82, 2.24) is 12.3 Å². The lowest BCUT2D eigenvalue weighted by Crippen LogP contribution is -2.28. The van der Waals surface area contributed by atoms with Gasteiger partial charge in [0.1, 0.15) is 0 Å². The molecule has 1 unspecified atom stereocenters. The number of hydrogen-bond donors (Lipinski definition) is 2. The highest BCUT2D eigenvalue weighted by molar-refractivity contribution is 4.82. The Morgan fingerprint density at radius 1 is 0.464 bits per heavy atom. The fraction of sp³-hybridized carbons (Fsp3) is 1.00. The number of rotatable bonds is 20. The van der Waals surface area contributed by atoms with Crippen LogP contribution in [0.2, 0.25) is 0 Å². The maximum absolute atomic E-state index is 2.42. The normalized spacial score (nSPS) is 12.3. The maximum Gasteiger partial charge on any atom is -0.0277 e. The van der Waals surface area contributed by atoms with Crippen LogP contribution in [0.3, 0.4) is 0 Å². The van der Waals surface area contributed by atoms with Gasteiger partial charge in [0.2, 0.25) is 0 Å². The van der Waals surface area contributed by atoms with Gasteiger partial charge in [-0.15, -0.1) is 0 Å². The first-order valence-electron chi connectivity index (χ1n) is 12.7. The molecule has 0 saturated carbocycles. The summed E-state index contributed by atoms with van der Waals surface area (Å²) >= 11 is 0. The Balaban J connectivity index is -0.00000312. The summed E-state index contributed by atoms with van der Waals surface area (Å²) in [6.45, 7) is 12.0. The Bertz CT molecular complexity index is 265. The van der Waals surface area contributed by atoms with Crippen LogP contribution in [0.1, 0.15) is 157 Å². The minimum absolute atomic E-state index is 0. The van der Waals surface area contributed by atoms with Crippen LogP contribution in [0.5, 0.6) is 0 Å². The summed E-state index contributed by atoms with van der Waals surface area (Å²) in [5, 5.41) is 0. The van der Waals surface area contributed by atoms with Gasteiger partial charge >= 0.3 is 0 Å². The summed E-state index contributed by atoms with van der Waals surface area (Å²) in [5.74, 6) is 0.958. The van der Waals surface area contributed by atoms with Gasteiger partial charge in [0.15, 0.2) is 0 Å². The second-order valence-corrected chi connectivity index (χ2v) is 8.91. The Hall–Kier alpha value is -0.0800. The maximum atomic E-state index is 2.42. The van der Waals surface area contributed by atoms with Crippen LogP contribution in [0, 0.1) is 11.3 Å². The van der Waals surface area contributed by atoms with Gasteiger partial charge in [0.05, 0.1) is 0 Å². The highest BCUT2D eigenvalue weighted by Gasteiger charge is 2.31. The largest absolute Gasteiger partial charge is 0.344 e. The van der Waals surface area contributed by atoms with Crippen molar-refractivity contribution in [2.24, 2.45) is 11.3 Å². The van der Waals surface area contributed by atoms with Crippen molar-refractivity contribution in [2.45, 2.75) is 157 Å². The quantitative estimate of drug-likeness (QED) is 0.199. The van der Waals surface area contributed by atoms with Crippen molar-refractivity contribution in [1.29, 1.82) is 0 Å². The molecule has 0 bridgehead atoms. The first-order valence-corrected chi connectivity index (χ1v) is 12.7. The Kier molecular flexibility index (Phi) is 27.0. The average Bonchev–Trinajstić information content (AvgIpc) is 2.68. The summed E-state index contributed by atoms with van der Waals surface area (Å²) in [4.78, 5) is 0. The molecule has 0 aromatic rings. The molecule has 0 fully saturated rings. The van der Waals surface area contributed by atoms with E-state index >= 15 is 0 Å². The molecular formula is C26H60N2. The molecule has 0 aromatic heterocycles. The van der Waals surface area contributed by atoms with Gasteiger partial charge < -0.3 is 12.3 Å². The monoisotopic (exact) mass is 400 g/mol. The third-order valence-electron chi connectivity index (χ3n) is 7.38. The molecule has 28 heavy (non-hydrogen) atoms. The van der Waals surface area contributed by atoms with E-state index in [9.17, 15) is 0 Å². The Morgan fingerprint density at radius 2 is 0.786 bits per heavy atom. The molecule has 1 atom stereocenters. The molecule has 0 aliphatic heterocycles. The molecular weight excluding hydrogens is 340 g/mol. The lowest BCUT2D eigenvalue weighted by Gasteiger charge is -2.39. The van der Waals surface area contributed by atoms with Crippen molar-refractivity contribution in [3.8, 4) is 0 Å². The molecule has 0 heterocycles. The van der Waals surface area contributed by atoms with Crippen molar-refractivity contribution >= 4 is 0 Å². The zero-order chi connectivity index (χ0) is 19.5. The molecule has 0 aliphatic rings. The van der Waals surface area contributed by atoms with Crippen molar-refractivity contribution in [2.75, 3.05) is 0 Å². The van der Waals surface area contributed by atoms with Gasteiger partial charge in [0.25, 0.3) is 0 Å². The van der Waals surface area contributed by atoms with Crippen molar-refractivity contribution in [3.05, 3.63) is 0 Å². The van der Waals surface area contributed by atoms with Gasteiger partial charge in [-0.1, -0.05) is 150 Å². The van der Waals surface area contributed by atoms with E-state index in [4.69, 9.17) is 0 Å². The van der Waals surface area contributed by atoms with Crippen LogP contribution < -0.4 is 12.3 Å². The predicted molar refractivity (Wildman–Crippen MR) is 132 cm³/mol. The van der Waals surface area contributed by atoms with Crippen LogP contribution in [-0.4, -0.2) is 0 Å². The lowest BCUT2D eigenvalue weighted by molar-refractivity contribution is 0.118. The Morgan fingerprint density at radius 3 is 1.07 bits per heavy atom. The second-order valence-electron chi connectivity index (χ2n) is 8.91. The molecule has 2 heteroatoms. The smallest absolute Gasteiger partial charge is 0.0277 e. The fourth-order valence-corrected chi connectivity index (χ4v) is 5.14. The van der Waals surface area contributed by atoms with Crippen molar-refractivity contribution < 1.29 is 0 Å². The minimum atomic E-state index is 0. The van der Waals surface area contributed by atoms with Crippen LogP contribution >= 0.6 is 0 Å². The van der Waals surface area contributed by atoms with E-state index in [-0.39, 0.29) is 12.3 Å². The summed E-state index contributed by atoms with van der Waals surface area (Å²) < 4.78 is 0. The summed E-state index contributed by atoms with van der Waals surface area (Å²) in [6.07, 6.45) is 27.5. The molecule has 2 nitrogen and oxygen atoms in total. The molecule has 0 aliphatic carbocycles. The van der Waals surface area contributed by atoms with Gasteiger partial charge in [-0.2, -0.15) is 0 Å². The van der Waals surface area contributed by atoms with Crippen LogP contribution in [0.25, 0.3) is 0 Å². The second kappa shape index (κ2) is 23.2. The SMILES string of the molecule is CCCCCCCCCCCCCCCCC(CC)C(CC)(CC)CC.N.N. The van der Waals surface area contributed by atoms with Gasteiger partial charge in [-0.3, -0.25) is 0 Å². The third kappa shape index (κ3) is 14.9.